The maximum absolute atomic E-state index is 11.9. The molecule has 0 spiro atoms. The van der Waals surface area contributed by atoms with Gasteiger partial charge in [-0.25, -0.2) is 0 Å². The number of amides is 1. The first kappa shape index (κ1) is 17.3. The van der Waals surface area contributed by atoms with Crippen LogP contribution in [-0.4, -0.2) is 48.1 Å². The molecule has 130 valence electrons. The molecule has 1 unspecified atom stereocenters. The summed E-state index contributed by atoms with van der Waals surface area (Å²) in [5.74, 6) is -0.118. The van der Waals surface area contributed by atoms with Gasteiger partial charge in [0.05, 0.1) is 12.7 Å². The molecule has 1 aromatic heterocycles. The van der Waals surface area contributed by atoms with Crippen molar-refractivity contribution in [2.45, 2.75) is 12.6 Å². The van der Waals surface area contributed by atoms with Gasteiger partial charge in [-0.15, -0.1) is 0 Å². The van der Waals surface area contributed by atoms with Gasteiger partial charge in [0, 0.05) is 44.6 Å². The summed E-state index contributed by atoms with van der Waals surface area (Å²) in [7, 11) is 0. The van der Waals surface area contributed by atoms with Crippen LogP contribution in [0.4, 0.5) is 0 Å². The fourth-order valence-corrected chi connectivity index (χ4v) is 2.81. The SMILES string of the molecule is O=C(/C=C/c1cccnc1)NCC1CN(Cc2ccccc2)CCO1. The highest BCUT2D eigenvalue weighted by Crippen LogP contribution is 2.10. The Morgan fingerprint density at radius 1 is 1.28 bits per heavy atom. The van der Waals surface area contributed by atoms with Crippen LogP contribution in [0, 0.1) is 0 Å². The number of carbonyl (C=O) groups is 1. The molecule has 1 atom stereocenters. The molecule has 5 heteroatoms. The van der Waals surface area contributed by atoms with Crippen molar-refractivity contribution in [2.24, 2.45) is 0 Å². The van der Waals surface area contributed by atoms with E-state index in [0.29, 0.717) is 13.2 Å². The minimum absolute atomic E-state index is 0.0215. The van der Waals surface area contributed by atoms with E-state index in [0.717, 1.165) is 25.2 Å². The lowest BCUT2D eigenvalue weighted by atomic mass is 10.2. The lowest BCUT2D eigenvalue weighted by Gasteiger charge is -2.33. The van der Waals surface area contributed by atoms with Gasteiger partial charge in [-0.2, -0.15) is 0 Å². The quantitative estimate of drug-likeness (QED) is 0.821. The van der Waals surface area contributed by atoms with Crippen LogP contribution in [0.25, 0.3) is 6.08 Å². The fraction of sp³-hybridized carbons (Fsp3) is 0.300. The minimum atomic E-state index is -0.118. The molecule has 2 aromatic rings. The number of carbonyl (C=O) groups excluding carboxylic acids is 1. The highest BCUT2D eigenvalue weighted by molar-refractivity contribution is 5.91. The molecule has 1 amide bonds. The van der Waals surface area contributed by atoms with Crippen LogP contribution in [0.3, 0.4) is 0 Å². The van der Waals surface area contributed by atoms with E-state index < -0.39 is 0 Å². The van der Waals surface area contributed by atoms with E-state index >= 15 is 0 Å². The fourth-order valence-electron chi connectivity index (χ4n) is 2.81. The number of ether oxygens (including phenoxy) is 1. The summed E-state index contributed by atoms with van der Waals surface area (Å²) in [4.78, 5) is 18.3. The number of benzene rings is 1. The number of nitrogens with zero attached hydrogens (tertiary/aromatic N) is 2. The van der Waals surface area contributed by atoms with Crippen molar-refractivity contribution in [3.05, 3.63) is 72.1 Å². The number of pyridine rings is 1. The lowest BCUT2D eigenvalue weighted by Crippen LogP contribution is -2.46. The average molecular weight is 337 g/mol. The van der Waals surface area contributed by atoms with Gasteiger partial charge >= 0.3 is 0 Å². The van der Waals surface area contributed by atoms with Gasteiger partial charge < -0.3 is 10.1 Å². The zero-order chi connectivity index (χ0) is 17.3. The third-order valence-electron chi connectivity index (χ3n) is 4.09. The molecule has 0 radical (unpaired) electrons. The molecule has 3 rings (SSSR count). The van der Waals surface area contributed by atoms with Gasteiger partial charge in [0.1, 0.15) is 0 Å². The summed E-state index contributed by atoms with van der Waals surface area (Å²) in [6, 6.07) is 14.2. The molecular formula is C20H23N3O2. The Bertz CT molecular complexity index is 689. The van der Waals surface area contributed by atoms with Crippen LogP contribution in [0.2, 0.25) is 0 Å². The maximum Gasteiger partial charge on any atom is 0.244 e. The number of nitrogens with one attached hydrogen (secondary N) is 1. The standard InChI is InChI=1S/C20H23N3O2/c24-20(9-8-17-7-4-10-21-13-17)22-14-19-16-23(11-12-25-19)15-18-5-2-1-3-6-18/h1-10,13,19H,11-12,14-16H2,(H,22,24)/b9-8+. The van der Waals surface area contributed by atoms with Crippen molar-refractivity contribution in [1.29, 1.82) is 0 Å². The van der Waals surface area contributed by atoms with E-state index in [4.69, 9.17) is 4.74 Å². The summed E-state index contributed by atoms with van der Waals surface area (Å²) in [5, 5.41) is 2.91. The Labute approximate surface area is 148 Å². The summed E-state index contributed by atoms with van der Waals surface area (Å²) in [5.41, 5.74) is 2.20. The van der Waals surface area contributed by atoms with Crippen molar-refractivity contribution in [3.63, 3.8) is 0 Å². The summed E-state index contributed by atoms with van der Waals surface area (Å²) in [6.07, 6.45) is 6.73. The largest absolute Gasteiger partial charge is 0.374 e. The Hall–Kier alpha value is -2.50. The third kappa shape index (κ3) is 5.81. The van der Waals surface area contributed by atoms with Crippen molar-refractivity contribution in [2.75, 3.05) is 26.2 Å². The van der Waals surface area contributed by atoms with Crippen molar-refractivity contribution < 1.29 is 9.53 Å². The molecule has 25 heavy (non-hydrogen) atoms. The van der Waals surface area contributed by atoms with Gasteiger partial charge in [-0.05, 0) is 23.3 Å². The van der Waals surface area contributed by atoms with Crippen molar-refractivity contribution in [1.82, 2.24) is 15.2 Å². The van der Waals surface area contributed by atoms with E-state index in [-0.39, 0.29) is 12.0 Å². The third-order valence-corrected chi connectivity index (χ3v) is 4.09. The van der Waals surface area contributed by atoms with Gasteiger partial charge in [0.2, 0.25) is 5.91 Å². The molecule has 0 saturated carbocycles. The van der Waals surface area contributed by atoms with Crippen LogP contribution >= 0.6 is 0 Å². The van der Waals surface area contributed by atoms with Crippen molar-refractivity contribution >= 4 is 12.0 Å². The maximum atomic E-state index is 11.9. The molecular weight excluding hydrogens is 314 g/mol. The Morgan fingerprint density at radius 3 is 2.96 bits per heavy atom. The number of hydrogen-bond donors (Lipinski definition) is 1. The molecule has 2 heterocycles. The molecule has 1 fully saturated rings. The van der Waals surface area contributed by atoms with Crippen LogP contribution in [0.15, 0.2) is 60.9 Å². The predicted octanol–water partition coefficient (Wildman–Crippen LogP) is 2.11. The van der Waals surface area contributed by atoms with Crippen LogP contribution in [-0.2, 0) is 16.1 Å². The normalized spacial score (nSPS) is 18.3. The summed E-state index contributed by atoms with van der Waals surface area (Å²) < 4.78 is 5.77. The molecule has 0 aliphatic carbocycles. The molecule has 1 aliphatic rings. The highest BCUT2D eigenvalue weighted by Gasteiger charge is 2.20. The number of rotatable bonds is 6. The Kier molecular flexibility index (Phi) is 6.31. The second kappa shape index (κ2) is 9.11. The van der Waals surface area contributed by atoms with Gasteiger partial charge in [-0.3, -0.25) is 14.7 Å². The monoisotopic (exact) mass is 337 g/mol. The Balaban J connectivity index is 1.43. The first-order chi connectivity index (χ1) is 12.3. The Morgan fingerprint density at radius 2 is 2.16 bits per heavy atom. The summed E-state index contributed by atoms with van der Waals surface area (Å²) >= 11 is 0. The average Bonchev–Trinajstić information content (AvgIpc) is 2.67. The number of hydrogen-bond acceptors (Lipinski definition) is 4. The molecule has 1 N–H and O–H groups in total. The second-order valence-corrected chi connectivity index (χ2v) is 6.08. The first-order valence-electron chi connectivity index (χ1n) is 8.53. The molecule has 5 nitrogen and oxygen atoms in total. The smallest absolute Gasteiger partial charge is 0.244 e. The first-order valence-corrected chi connectivity index (χ1v) is 8.53. The van der Waals surface area contributed by atoms with Gasteiger partial charge in [0.25, 0.3) is 0 Å². The van der Waals surface area contributed by atoms with E-state index in [1.54, 1.807) is 18.5 Å². The second-order valence-electron chi connectivity index (χ2n) is 6.08. The summed E-state index contributed by atoms with van der Waals surface area (Å²) in [6.45, 7) is 3.86. The van der Waals surface area contributed by atoms with Crippen molar-refractivity contribution in [3.8, 4) is 0 Å². The lowest BCUT2D eigenvalue weighted by molar-refractivity contribution is -0.117. The molecule has 1 saturated heterocycles. The van der Waals surface area contributed by atoms with Crippen LogP contribution in [0.5, 0.6) is 0 Å². The van der Waals surface area contributed by atoms with Crippen LogP contribution < -0.4 is 5.32 Å². The van der Waals surface area contributed by atoms with E-state index in [1.165, 1.54) is 11.6 Å². The minimum Gasteiger partial charge on any atom is -0.374 e. The zero-order valence-electron chi connectivity index (χ0n) is 14.2. The number of aromatic nitrogens is 1. The molecule has 1 aliphatic heterocycles. The van der Waals surface area contributed by atoms with Crippen LogP contribution in [0.1, 0.15) is 11.1 Å². The molecule has 1 aromatic carbocycles. The zero-order valence-corrected chi connectivity index (χ0v) is 14.2. The molecule has 0 bridgehead atoms. The van der Waals surface area contributed by atoms with Gasteiger partial charge in [0.15, 0.2) is 0 Å². The van der Waals surface area contributed by atoms with Gasteiger partial charge in [-0.1, -0.05) is 36.4 Å². The van der Waals surface area contributed by atoms with E-state index in [9.17, 15) is 4.79 Å². The van der Waals surface area contributed by atoms with E-state index in [2.05, 4.69) is 39.5 Å². The topological polar surface area (TPSA) is 54.5 Å². The predicted molar refractivity (Wildman–Crippen MR) is 97.7 cm³/mol. The van der Waals surface area contributed by atoms with E-state index in [1.807, 2.05) is 18.2 Å². The number of morpholine rings is 1. The highest BCUT2D eigenvalue weighted by atomic mass is 16.5.